The summed E-state index contributed by atoms with van der Waals surface area (Å²) in [6.45, 7) is 1.78. The van der Waals surface area contributed by atoms with Crippen LogP contribution >= 0.6 is 47.4 Å². The lowest BCUT2D eigenvalue weighted by Crippen LogP contribution is -2.34. The summed E-state index contributed by atoms with van der Waals surface area (Å²) < 4.78 is 0. The quantitative estimate of drug-likeness (QED) is 0.143. The standard InChI is InChI=1S/C22H18ClN7O3S3/c1-12-18(17(28-29-20(24)34)11-8-13-6-9-14(10-7-13)30(32)33)36-22(25-12)27-21(35)26-19(31)15-4-2-3-5-16(15)23/h2-11H,1H3,(H3,24,29,34)(H2,25,26,27,31,35). The van der Waals surface area contributed by atoms with Gasteiger partial charge in [-0.3, -0.25) is 25.7 Å². The molecule has 2 aromatic carbocycles. The first-order chi connectivity index (χ1) is 17.1. The third kappa shape index (κ3) is 7.36. The van der Waals surface area contributed by atoms with Crippen LogP contribution < -0.4 is 21.8 Å². The Kier molecular flexibility index (Phi) is 9.13. The van der Waals surface area contributed by atoms with E-state index in [1.54, 1.807) is 55.5 Å². The fraction of sp³-hybridized carbons (Fsp3) is 0.0455. The van der Waals surface area contributed by atoms with Crippen molar-refractivity contribution >= 4 is 86.1 Å². The van der Waals surface area contributed by atoms with Crippen molar-refractivity contribution in [2.24, 2.45) is 10.8 Å². The van der Waals surface area contributed by atoms with E-state index in [-0.39, 0.29) is 21.5 Å². The summed E-state index contributed by atoms with van der Waals surface area (Å²) in [7, 11) is 0. The van der Waals surface area contributed by atoms with Gasteiger partial charge in [-0.2, -0.15) is 5.10 Å². The minimum absolute atomic E-state index is 0.0113. The molecule has 0 aliphatic heterocycles. The van der Waals surface area contributed by atoms with Crippen LogP contribution in [0.3, 0.4) is 0 Å². The Morgan fingerprint density at radius 3 is 2.56 bits per heavy atom. The number of non-ortho nitro benzene ring substituents is 1. The van der Waals surface area contributed by atoms with Gasteiger partial charge in [0.2, 0.25) is 0 Å². The molecule has 0 aliphatic rings. The predicted octanol–water partition coefficient (Wildman–Crippen LogP) is 4.39. The fourth-order valence-corrected chi connectivity index (χ4v) is 4.25. The van der Waals surface area contributed by atoms with Gasteiger partial charge in [-0.25, -0.2) is 4.98 Å². The molecule has 184 valence electrons. The molecule has 1 aromatic heterocycles. The Balaban J connectivity index is 1.78. The van der Waals surface area contributed by atoms with Crippen LogP contribution in [0, 0.1) is 17.0 Å². The van der Waals surface area contributed by atoms with Gasteiger partial charge in [-0.1, -0.05) is 41.1 Å². The average Bonchev–Trinajstić information content (AvgIpc) is 3.18. The number of hydrogen-bond donors (Lipinski definition) is 4. The van der Waals surface area contributed by atoms with E-state index in [1.165, 1.54) is 23.5 Å². The van der Waals surface area contributed by atoms with Crippen molar-refractivity contribution in [1.82, 2.24) is 15.7 Å². The van der Waals surface area contributed by atoms with Gasteiger partial charge >= 0.3 is 0 Å². The summed E-state index contributed by atoms with van der Waals surface area (Å²) in [6.07, 6.45) is 3.42. The number of aromatic nitrogens is 1. The summed E-state index contributed by atoms with van der Waals surface area (Å²) in [5.41, 5.74) is 10.1. The number of nitro groups is 1. The summed E-state index contributed by atoms with van der Waals surface area (Å²) >= 11 is 17.4. The number of nitrogens with one attached hydrogen (secondary N) is 3. The van der Waals surface area contributed by atoms with Crippen molar-refractivity contribution in [3.8, 4) is 0 Å². The average molecular weight is 560 g/mol. The van der Waals surface area contributed by atoms with Crippen LogP contribution in [0.25, 0.3) is 6.08 Å². The summed E-state index contributed by atoms with van der Waals surface area (Å²) in [4.78, 5) is 27.9. The molecule has 3 aromatic rings. The van der Waals surface area contributed by atoms with Gasteiger partial charge < -0.3 is 11.1 Å². The number of nitrogens with zero attached hydrogens (tertiary/aromatic N) is 3. The molecular weight excluding hydrogens is 542 g/mol. The lowest BCUT2D eigenvalue weighted by Gasteiger charge is -2.08. The van der Waals surface area contributed by atoms with Crippen LogP contribution in [-0.4, -0.2) is 31.8 Å². The van der Waals surface area contributed by atoms with Crippen LogP contribution in [0.15, 0.2) is 59.7 Å². The highest BCUT2D eigenvalue weighted by Crippen LogP contribution is 2.24. The summed E-state index contributed by atoms with van der Waals surface area (Å²) in [5, 5.41) is 21.3. The zero-order chi connectivity index (χ0) is 26.2. The molecule has 0 aliphatic carbocycles. The molecule has 0 saturated carbocycles. The van der Waals surface area contributed by atoms with E-state index in [1.807, 2.05) is 0 Å². The second kappa shape index (κ2) is 12.3. The summed E-state index contributed by atoms with van der Waals surface area (Å²) in [6, 6.07) is 12.6. The number of benzene rings is 2. The monoisotopic (exact) mass is 559 g/mol. The molecule has 0 fully saturated rings. The van der Waals surface area contributed by atoms with Gasteiger partial charge in [0, 0.05) is 12.1 Å². The number of rotatable bonds is 7. The molecule has 1 heterocycles. The number of halogens is 1. The molecule has 3 rings (SSSR count). The van der Waals surface area contributed by atoms with Crippen molar-refractivity contribution < 1.29 is 9.72 Å². The Hall–Kier alpha value is -3.78. The van der Waals surface area contributed by atoms with Crippen LogP contribution in [-0.2, 0) is 0 Å². The first kappa shape index (κ1) is 26.8. The van der Waals surface area contributed by atoms with Gasteiger partial charge in [0.25, 0.3) is 11.6 Å². The Morgan fingerprint density at radius 2 is 1.92 bits per heavy atom. The molecule has 10 nitrogen and oxygen atoms in total. The first-order valence-electron chi connectivity index (χ1n) is 10.0. The lowest BCUT2D eigenvalue weighted by atomic mass is 10.1. The molecule has 0 radical (unpaired) electrons. The number of amides is 1. The topological polar surface area (TPSA) is 148 Å². The van der Waals surface area contributed by atoms with E-state index in [4.69, 9.17) is 41.8 Å². The zero-order valence-electron chi connectivity index (χ0n) is 18.5. The zero-order valence-corrected chi connectivity index (χ0v) is 21.7. The number of hydrogen-bond acceptors (Lipinski definition) is 8. The third-order valence-corrected chi connectivity index (χ3v) is 6.14. The van der Waals surface area contributed by atoms with E-state index in [0.29, 0.717) is 32.0 Å². The van der Waals surface area contributed by atoms with Crippen molar-refractivity contribution in [2.45, 2.75) is 6.92 Å². The van der Waals surface area contributed by atoms with Crippen molar-refractivity contribution in [3.05, 3.63) is 91.4 Å². The SMILES string of the molecule is Cc1nc(NC(=S)NC(=O)c2ccccc2Cl)sc1C(C=Cc1ccc([N+](=O)[O-])cc1)=NNC(N)=S. The number of hydrazone groups is 1. The van der Waals surface area contributed by atoms with E-state index in [9.17, 15) is 14.9 Å². The molecule has 0 bridgehead atoms. The molecular formula is C22H18ClN7O3S3. The number of allylic oxidation sites excluding steroid dienone is 1. The second-order valence-corrected chi connectivity index (χ2v) is 9.23. The fourth-order valence-electron chi connectivity index (χ4n) is 2.79. The molecule has 5 N–H and O–H groups in total. The number of carbonyl (C=O) groups excluding carboxylic acids is 1. The third-order valence-electron chi connectivity index (χ3n) is 4.42. The number of nitrogens with two attached hydrogens (primary N) is 1. The number of thiazole rings is 1. The van der Waals surface area contributed by atoms with E-state index in [0.717, 1.165) is 0 Å². The van der Waals surface area contributed by atoms with Gasteiger partial charge in [0.15, 0.2) is 15.4 Å². The summed E-state index contributed by atoms with van der Waals surface area (Å²) in [5.74, 6) is -0.458. The second-order valence-electron chi connectivity index (χ2n) is 6.98. The molecule has 0 unspecified atom stereocenters. The van der Waals surface area contributed by atoms with E-state index in [2.05, 4.69) is 26.1 Å². The minimum Gasteiger partial charge on any atom is -0.375 e. The number of carbonyl (C=O) groups is 1. The Labute approximate surface area is 225 Å². The maximum atomic E-state index is 12.4. The Bertz CT molecular complexity index is 1390. The smallest absolute Gasteiger partial charge is 0.269 e. The van der Waals surface area contributed by atoms with Gasteiger partial charge in [0.1, 0.15) is 5.71 Å². The highest BCUT2D eigenvalue weighted by atomic mass is 35.5. The highest BCUT2D eigenvalue weighted by molar-refractivity contribution is 7.80. The maximum absolute atomic E-state index is 12.4. The molecule has 0 atom stereocenters. The minimum atomic E-state index is -0.469. The first-order valence-corrected chi connectivity index (χ1v) is 12.1. The van der Waals surface area contributed by atoms with Crippen LogP contribution in [0.2, 0.25) is 5.02 Å². The van der Waals surface area contributed by atoms with Crippen LogP contribution in [0.5, 0.6) is 0 Å². The van der Waals surface area contributed by atoms with E-state index >= 15 is 0 Å². The number of thiocarbonyl (C=S) groups is 2. The van der Waals surface area contributed by atoms with Crippen molar-refractivity contribution in [2.75, 3.05) is 5.32 Å². The largest absolute Gasteiger partial charge is 0.375 e. The lowest BCUT2D eigenvalue weighted by molar-refractivity contribution is -0.384. The molecule has 1 amide bonds. The van der Waals surface area contributed by atoms with E-state index < -0.39 is 10.8 Å². The van der Waals surface area contributed by atoms with Crippen LogP contribution in [0.1, 0.15) is 26.5 Å². The van der Waals surface area contributed by atoms with Crippen LogP contribution in [0.4, 0.5) is 10.8 Å². The highest BCUT2D eigenvalue weighted by Gasteiger charge is 2.16. The molecule has 36 heavy (non-hydrogen) atoms. The number of anilines is 1. The molecule has 14 heteroatoms. The Morgan fingerprint density at radius 1 is 1.22 bits per heavy atom. The van der Waals surface area contributed by atoms with Crippen molar-refractivity contribution in [3.63, 3.8) is 0 Å². The molecule has 0 saturated heterocycles. The maximum Gasteiger partial charge on any atom is 0.269 e. The normalized spacial score (nSPS) is 11.2. The number of nitro benzene ring substituents is 1. The van der Waals surface area contributed by atoms with Gasteiger partial charge in [0.05, 0.1) is 26.1 Å². The molecule has 0 spiro atoms. The number of aryl methyl sites for hydroxylation is 1. The van der Waals surface area contributed by atoms with Gasteiger partial charge in [-0.05, 0) is 67.3 Å². The predicted molar refractivity (Wildman–Crippen MR) is 151 cm³/mol. The van der Waals surface area contributed by atoms with Crippen molar-refractivity contribution in [1.29, 1.82) is 0 Å². The van der Waals surface area contributed by atoms with Gasteiger partial charge in [-0.15, -0.1) is 0 Å².